The fraction of sp³-hybridized carbons (Fsp3) is 0.154. The van der Waals surface area contributed by atoms with Crippen molar-refractivity contribution in [1.29, 1.82) is 5.26 Å². The predicted octanol–water partition coefficient (Wildman–Crippen LogP) is 2.63. The lowest BCUT2D eigenvalue weighted by Gasteiger charge is -2.05. The Balaban J connectivity index is 2.61. The summed E-state index contributed by atoms with van der Waals surface area (Å²) in [6.45, 7) is 3.89. The summed E-state index contributed by atoms with van der Waals surface area (Å²) in [7, 11) is 0. The maximum Gasteiger partial charge on any atom is 0.232 e. The van der Waals surface area contributed by atoms with Crippen LogP contribution in [0.25, 0.3) is 11.3 Å². The summed E-state index contributed by atoms with van der Waals surface area (Å²) in [4.78, 5) is 8.25. The summed E-state index contributed by atoms with van der Waals surface area (Å²) in [5, 5.41) is 8.83. The van der Waals surface area contributed by atoms with Crippen LogP contribution in [0.4, 0.5) is 0 Å². The van der Waals surface area contributed by atoms with Gasteiger partial charge in [-0.3, -0.25) is 0 Å². The van der Waals surface area contributed by atoms with Crippen molar-refractivity contribution in [2.45, 2.75) is 13.8 Å². The molecule has 2 aromatic rings. The molecule has 0 spiro atoms. The summed E-state index contributed by atoms with van der Waals surface area (Å²) < 4.78 is 0. The van der Waals surface area contributed by atoms with Crippen molar-refractivity contribution in [3.05, 3.63) is 47.4 Å². The van der Waals surface area contributed by atoms with Crippen LogP contribution in [0.15, 0.2) is 30.3 Å². The zero-order chi connectivity index (χ0) is 11.5. The second-order valence-corrected chi connectivity index (χ2v) is 3.64. The van der Waals surface area contributed by atoms with E-state index in [1.165, 1.54) is 0 Å². The van der Waals surface area contributed by atoms with Crippen LogP contribution in [-0.2, 0) is 0 Å². The van der Waals surface area contributed by atoms with Crippen LogP contribution in [0.5, 0.6) is 0 Å². The minimum Gasteiger partial charge on any atom is -0.224 e. The van der Waals surface area contributed by atoms with E-state index >= 15 is 0 Å². The topological polar surface area (TPSA) is 49.6 Å². The van der Waals surface area contributed by atoms with Crippen LogP contribution in [0.1, 0.15) is 17.1 Å². The Hall–Kier alpha value is -2.21. The summed E-state index contributed by atoms with van der Waals surface area (Å²) in [5.74, 6) is 0.221. The molecule has 1 aromatic heterocycles. The van der Waals surface area contributed by atoms with Gasteiger partial charge in [-0.15, -0.1) is 0 Å². The number of aryl methyl sites for hydroxylation is 2. The average molecular weight is 209 g/mol. The third-order valence-corrected chi connectivity index (χ3v) is 2.38. The van der Waals surface area contributed by atoms with Gasteiger partial charge in [0.15, 0.2) is 0 Å². The lowest BCUT2D eigenvalue weighted by molar-refractivity contribution is 1.06. The lowest BCUT2D eigenvalue weighted by Crippen LogP contribution is -1.95. The first-order chi connectivity index (χ1) is 7.70. The van der Waals surface area contributed by atoms with Crippen molar-refractivity contribution in [2.24, 2.45) is 0 Å². The van der Waals surface area contributed by atoms with E-state index in [1.807, 2.05) is 50.2 Å². The molecular weight excluding hydrogens is 198 g/mol. The first-order valence-electron chi connectivity index (χ1n) is 5.02. The summed E-state index contributed by atoms with van der Waals surface area (Å²) in [6.07, 6.45) is 0. The number of nitrogens with zero attached hydrogens (tertiary/aromatic N) is 3. The van der Waals surface area contributed by atoms with Crippen LogP contribution in [0, 0.1) is 25.2 Å². The van der Waals surface area contributed by atoms with Gasteiger partial charge < -0.3 is 0 Å². The molecule has 0 saturated carbocycles. The Morgan fingerprint density at radius 3 is 2.56 bits per heavy atom. The molecule has 1 heterocycles. The van der Waals surface area contributed by atoms with Crippen molar-refractivity contribution in [3.63, 3.8) is 0 Å². The van der Waals surface area contributed by atoms with Crippen molar-refractivity contribution in [2.75, 3.05) is 0 Å². The van der Waals surface area contributed by atoms with E-state index < -0.39 is 0 Å². The molecule has 0 unspecified atom stereocenters. The van der Waals surface area contributed by atoms with Gasteiger partial charge in [0.25, 0.3) is 0 Å². The van der Waals surface area contributed by atoms with Gasteiger partial charge in [-0.25, -0.2) is 9.97 Å². The fourth-order valence-corrected chi connectivity index (χ4v) is 1.62. The standard InChI is InChI=1S/C13H11N3/c1-9-5-3-4-6-11(9)12-7-10(2)15-13(8-14)16-12/h3-7H,1-2H3. The van der Waals surface area contributed by atoms with E-state index in [0.29, 0.717) is 0 Å². The Morgan fingerprint density at radius 1 is 1.12 bits per heavy atom. The molecular formula is C13H11N3. The number of rotatable bonds is 1. The van der Waals surface area contributed by atoms with Crippen LogP contribution in [0.2, 0.25) is 0 Å². The smallest absolute Gasteiger partial charge is 0.224 e. The van der Waals surface area contributed by atoms with Crippen molar-refractivity contribution in [1.82, 2.24) is 9.97 Å². The molecule has 0 fully saturated rings. The van der Waals surface area contributed by atoms with Gasteiger partial charge in [-0.1, -0.05) is 24.3 Å². The van der Waals surface area contributed by atoms with Crippen molar-refractivity contribution in [3.8, 4) is 17.3 Å². The second kappa shape index (κ2) is 4.11. The number of hydrogen-bond acceptors (Lipinski definition) is 3. The van der Waals surface area contributed by atoms with Gasteiger partial charge in [-0.05, 0) is 25.5 Å². The normalized spacial score (nSPS) is 9.81. The molecule has 0 saturated heterocycles. The summed E-state index contributed by atoms with van der Waals surface area (Å²) in [5.41, 5.74) is 3.81. The highest BCUT2D eigenvalue weighted by molar-refractivity contribution is 5.63. The van der Waals surface area contributed by atoms with Gasteiger partial charge in [0.05, 0.1) is 5.69 Å². The zero-order valence-corrected chi connectivity index (χ0v) is 9.23. The molecule has 0 N–H and O–H groups in total. The molecule has 16 heavy (non-hydrogen) atoms. The molecule has 2 rings (SSSR count). The maximum absolute atomic E-state index is 8.83. The van der Waals surface area contributed by atoms with E-state index in [4.69, 9.17) is 5.26 Å². The molecule has 78 valence electrons. The van der Waals surface area contributed by atoms with E-state index in [9.17, 15) is 0 Å². The number of nitriles is 1. The number of hydrogen-bond donors (Lipinski definition) is 0. The molecule has 0 radical (unpaired) electrons. The van der Waals surface area contributed by atoms with Crippen LogP contribution >= 0.6 is 0 Å². The Kier molecular flexibility index (Phi) is 2.65. The highest BCUT2D eigenvalue weighted by atomic mass is 14.9. The molecule has 0 atom stereocenters. The Morgan fingerprint density at radius 2 is 1.88 bits per heavy atom. The molecule has 0 amide bonds. The summed E-state index contributed by atoms with van der Waals surface area (Å²) in [6, 6.07) is 11.8. The Labute approximate surface area is 94.4 Å². The van der Waals surface area contributed by atoms with E-state index in [1.54, 1.807) is 0 Å². The highest BCUT2D eigenvalue weighted by Crippen LogP contribution is 2.21. The SMILES string of the molecule is Cc1cc(-c2ccccc2C)nc(C#N)n1. The molecule has 0 bridgehead atoms. The third kappa shape index (κ3) is 1.91. The largest absolute Gasteiger partial charge is 0.232 e. The van der Waals surface area contributed by atoms with Gasteiger partial charge in [-0.2, -0.15) is 5.26 Å². The molecule has 1 aromatic carbocycles. The first-order valence-corrected chi connectivity index (χ1v) is 5.02. The zero-order valence-electron chi connectivity index (χ0n) is 9.23. The van der Waals surface area contributed by atoms with Crippen LogP contribution in [0.3, 0.4) is 0 Å². The molecule has 3 heteroatoms. The monoisotopic (exact) mass is 209 g/mol. The van der Waals surface area contributed by atoms with E-state index in [-0.39, 0.29) is 5.82 Å². The van der Waals surface area contributed by atoms with Crippen molar-refractivity contribution >= 4 is 0 Å². The van der Waals surface area contributed by atoms with E-state index in [0.717, 1.165) is 22.5 Å². The molecule has 0 aliphatic heterocycles. The minimum absolute atomic E-state index is 0.221. The van der Waals surface area contributed by atoms with Gasteiger partial charge in [0.2, 0.25) is 5.82 Å². The molecule has 0 aliphatic carbocycles. The average Bonchev–Trinajstić information content (AvgIpc) is 2.28. The lowest BCUT2D eigenvalue weighted by atomic mass is 10.1. The molecule has 0 aliphatic rings. The Bertz CT molecular complexity index is 568. The van der Waals surface area contributed by atoms with Gasteiger partial charge >= 0.3 is 0 Å². The van der Waals surface area contributed by atoms with Crippen LogP contribution in [-0.4, -0.2) is 9.97 Å². The minimum atomic E-state index is 0.221. The van der Waals surface area contributed by atoms with Gasteiger partial charge in [0, 0.05) is 11.3 Å². The maximum atomic E-state index is 8.83. The molecule has 3 nitrogen and oxygen atoms in total. The predicted molar refractivity (Wildman–Crippen MR) is 61.7 cm³/mol. The van der Waals surface area contributed by atoms with Crippen LogP contribution < -0.4 is 0 Å². The number of aromatic nitrogens is 2. The van der Waals surface area contributed by atoms with E-state index in [2.05, 4.69) is 9.97 Å². The summed E-state index contributed by atoms with van der Waals surface area (Å²) >= 11 is 0. The highest BCUT2D eigenvalue weighted by Gasteiger charge is 2.05. The first kappa shape index (κ1) is 10.3. The second-order valence-electron chi connectivity index (χ2n) is 3.64. The van der Waals surface area contributed by atoms with Crippen molar-refractivity contribution < 1.29 is 0 Å². The van der Waals surface area contributed by atoms with Gasteiger partial charge in [0.1, 0.15) is 6.07 Å². The quantitative estimate of drug-likeness (QED) is 0.725. The number of benzene rings is 1. The fourth-order valence-electron chi connectivity index (χ4n) is 1.62. The third-order valence-electron chi connectivity index (χ3n) is 2.38.